The van der Waals surface area contributed by atoms with Crippen LogP contribution >= 0.6 is 0 Å². The molecule has 0 bridgehead atoms. The highest BCUT2D eigenvalue weighted by atomic mass is 32.2. The van der Waals surface area contributed by atoms with Crippen molar-refractivity contribution in [2.24, 2.45) is 0 Å². The number of H-pyrrole nitrogens is 1. The Bertz CT molecular complexity index is 1370. The maximum atomic E-state index is 12.7. The monoisotopic (exact) mass is 443 g/mol. The van der Waals surface area contributed by atoms with Gasteiger partial charge in [-0.15, -0.1) is 0 Å². The first-order valence-electron chi connectivity index (χ1n) is 10.0. The molecular formula is C21H25N5O4S. The van der Waals surface area contributed by atoms with Crippen LogP contribution in [0.1, 0.15) is 12.2 Å². The zero-order valence-corrected chi connectivity index (χ0v) is 18.3. The molecule has 31 heavy (non-hydrogen) atoms. The van der Waals surface area contributed by atoms with Gasteiger partial charge in [0.25, 0.3) is 0 Å². The first kappa shape index (κ1) is 21.3. The number of para-hydroxylation sites is 2. The summed E-state index contributed by atoms with van der Waals surface area (Å²) in [7, 11) is 0.325. The zero-order chi connectivity index (χ0) is 22.0. The number of aromatic nitrogens is 3. The first-order chi connectivity index (χ1) is 14.8. The Balaban J connectivity index is 1.49. The van der Waals surface area contributed by atoms with Crippen molar-refractivity contribution in [1.82, 2.24) is 24.2 Å². The summed E-state index contributed by atoms with van der Waals surface area (Å²) in [6, 6.07) is 12.2. The second-order valence-electron chi connectivity index (χ2n) is 7.65. The summed E-state index contributed by atoms with van der Waals surface area (Å²) in [4.78, 5) is 20.7. The lowest BCUT2D eigenvalue weighted by atomic mass is 10.3. The van der Waals surface area contributed by atoms with E-state index in [1.165, 1.54) is 18.2 Å². The molecule has 0 amide bonds. The molecule has 10 heteroatoms. The van der Waals surface area contributed by atoms with Crippen LogP contribution in [0.5, 0.6) is 0 Å². The third kappa shape index (κ3) is 4.71. The van der Waals surface area contributed by atoms with E-state index in [0.717, 1.165) is 36.4 Å². The Morgan fingerprint density at radius 3 is 2.81 bits per heavy atom. The van der Waals surface area contributed by atoms with E-state index in [4.69, 9.17) is 9.40 Å². The standard InChI is InChI=1S/C21H25N5O4S/c1-25(2)12-5-13-26-18-7-4-3-6-16(18)23-20(26)10-11-22-31(28,29)15-8-9-17-19(14-15)30-21(27)24-17/h3-4,6-9,14,22H,5,10-13H2,1-2H3,(H,24,27). The van der Waals surface area contributed by atoms with Gasteiger partial charge in [0, 0.05) is 25.6 Å². The number of aryl methyl sites for hydroxylation is 1. The molecule has 4 rings (SSSR count). The van der Waals surface area contributed by atoms with Crippen molar-refractivity contribution >= 4 is 32.2 Å². The van der Waals surface area contributed by atoms with Gasteiger partial charge in [-0.05, 0) is 51.3 Å². The molecule has 0 spiro atoms. The average molecular weight is 444 g/mol. The van der Waals surface area contributed by atoms with E-state index in [1.54, 1.807) is 0 Å². The Hall–Kier alpha value is -2.95. The molecule has 0 unspecified atom stereocenters. The van der Waals surface area contributed by atoms with Gasteiger partial charge in [0.05, 0.1) is 21.4 Å². The number of nitrogens with zero attached hydrogens (tertiary/aromatic N) is 3. The van der Waals surface area contributed by atoms with Crippen molar-refractivity contribution in [2.75, 3.05) is 27.2 Å². The van der Waals surface area contributed by atoms with Crippen LogP contribution in [-0.2, 0) is 23.0 Å². The topological polar surface area (TPSA) is 113 Å². The molecule has 2 heterocycles. The minimum atomic E-state index is -3.75. The van der Waals surface area contributed by atoms with Crippen LogP contribution in [0.15, 0.2) is 56.6 Å². The molecule has 4 aromatic rings. The van der Waals surface area contributed by atoms with Crippen LogP contribution in [0.4, 0.5) is 0 Å². The number of sulfonamides is 1. The molecule has 2 N–H and O–H groups in total. The number of fused-ring (bicyclic) bond motifs is 2. The summed E-state index contributed by atoms with van der Waals surface area (Å²) in [5.74, 6) is 0.223. The van der Waals surface area contributed by atoms with E-state index in [-0.39, 0.29) is 17.0 Å². The number of hydrogen-bond donors (Lipinski definition) is 2. The third-order valence-electron chi connectivity index (χ3n) is 5.06. The van der Waals surface area contributed by atoms with Gasteiger partial charge in [-0.2, -0.15) is 0 Å². The fraction of sp³-hybridized carbons (Fsp3) is 0.333. The number of aromatic amines is 1. The zero-order valence-electron chi connectivity index (χ0n) is 17.5. The lowest BCUT2D eigenvalue weighted by Crippen LogP contribution is -2.27. The molecule has 0 aliphatic rings. The minimum Gasteiger partial charge on any atom is -0.408 e. The van der Waals surface area contributed by atoms with E-state index in [0.29, 0.717) is 11.9 Å². The molecule has 9 nitrogen and oxygen atoms in total. The Morgan fingerprint density at radius 1 is 1.19 bits per heavy atom. The summed E-state index contributed by atoms with van der Waals surface area (Å²) in [5, 5.41) is 0. The van der Waals surface area contributed by atoms with E-state index < -0.39 is 15.8 Å². The second-order valence-corrected chi connectivity index (χ2v) is 9.41. The molecular weight excluding hydrogens is 418 g/mol. The van der Waals surface area contributed by atoms with Gasteiger partial charge in [-0.25, -0.2) is 22.9 Å². The molecule has 0 aliphatic carbocycles. The highest BCUT2D eigenvalue weighted by Crippen LogP contribution is 2.18. The van der Waals surface area contributed by atoms with Crippen LogP contribution in [-0.4, -0.2) is 55.0 Å². The number of rotatable bonds is 9. The molecule has 0 saturated carbocycles. The molecule has 0 aliphatic heterocycles. The predicted molar refractivity (Wildman–Crippen MR) is 119 cm³/mol. The van der Waals surface area contributed by atoms with Crippen molar-refractivity contribution in [3.8, 4) is 0 Å². The largest absolute Gasteiger partial charge is 0.417 e. The second kappa shape index (κ2) is 8.66. The summed E-state index contributed by atoms with van der Waals surface area (Å²) in [6.45, 7) is 1.97. The smallest absolute Gasteiger partial charge is 0.408 e. The maximum absolute atomic E-state index is 12.7. The first-order valence-corrected chi connectivity index (χ1v) is 11.5. The normalized spacial score (nSPS) is 12.4. The van der Waals surface area contributed by atoms with Gasteiger partial charge in [0.15, 0.2) is 5.58 Å². The molecule has 0 fully saturated rings. The quantitative estimate of drug-likeness (QED) is 0.409. The van der Waals surface area contributed by atoms with Gasteiger partial charge < -0.3 is 13.9 Å². The molecule has 0 radical (unpaired) electrons. The van der Waals surface area contributed by atoms with Crippen molar-refractivity contribution in [3.63, 3.8) is 0 Å². The molecule has 164 valence electrons. The van der Waals surface area contributed by atoms with E-state index in [2.05, 4.69) is 19.2 Å². The number of benzene rings is 2. The van der Waals surface area contributed by atoms with Gasteiger partial charge in [-0.3, -0.25) is 4.98 Å². The van der Waals surface area contributed by atoms with Crippen molar-refractivity contribution in [1.29, 1.82) is 0 Å². The van der Waals surface area contributed by atoms with E-state index in [1.807, 2.05) is 38.4 Å². The van der Waals surface area contributed by atoms with Gasteiger partial charge in [0.2, 0.25) is 10.0 Å². The molecule has 2 aromatic heterocycles. The fourth-order valence-corrected chi connectivity index (χ4v) is 4.63. The van der Waals surface area contributed by atoms with Crippen molar-refractivity contribution in [3.05, 3.63) is 58.8 Å². The minimum absolute atomic E-state index is 0.0437. The lowest BCUT2D eigenvalue weighted by molar-refractivity contribution is 0.386. The van der Waals surface area contributed by atoms with Crippen LogP contribution in [0.2, 0.25) is 0 Å². The highest BCUT2D eigenvalue weighted by molar-refractivity contribution is 7.89. The number of imidazole rings is 1. The SMILES string of the molecule is CN(C)CCCn1c(CCNS(=O)(=O)c2ccc3[nH]c(=O)oc3c2)nc2ccccc21. The Kier molecular flexibility index (Phi) is 5.94. The van der Waals surface area contributed by atoms with Crippen LogP contribution in [0, 0.1) is 0 Å². The predicted octanol–water partition coefficient (Wildman–Crippen LogP) is 1.94. The van der Waals surface area contributed by atoms with E-state index in [9.17, 15) is 13.2 Å². The van der Waals surface area contributed by atoms with Crippen molar-refractivity contribution in [2.45, 2.75) is 24.3 Å². The van der Waals surface area contributed by atoms with Gasteiger partial charge in [0.1, 0.15) is 5.82 Å². The fourth-order valence-electron chi connectivity index (χ4n) is 3.58. The molecule has 2 aromatic carbocycles. The van der Waals surface area contributed by atoms with Gasteiger partial charge >= 0.3 is 5.76 Å². The van der Waals surface area contributed by atoms with E-state index >= 15 is 0 Å². The van der Waals surface area contributed by atoms with Crippen LogP contribution < -0.4 is 10.5 Å². The van der Waals surface area contributed by atoms with Crippen LogP contribution in [0.3, 0.4) is 0 Å². The number of oxazole rings is 1. The Morgan fingerprint density at radius 2 is 2.00 bits per heavy atom. The highest BCUT2D eigenvalue weighted by Gasteiger charge is 2.17. The molecule has 0 atom stereocenters. The summed E-state index contributed by atoms with van der Waals surface area (Å²) < 4.78 is 35.1. The summed E-state index contributed by atoms with van der Waals surface area (Å²) >= 11 is 0. The van der Waals surface area contributed by atoms with Gasteiger partial charge in [-0.1, -0.05) is 12.1 Å². The maximum Gasteiger partial charge on any atom is 0.417 e. The summed E-state index contributed by atoms with van der Waals surface area (Å²) in [6.07, 6.45) is 1.42. The lowest BCUT2D eigenvalue weighted by Gasteiger charge is -2.13. The van der Waals surface area contributed by atoms with Crippen LogP contribution in [0.25, 0.3) is 22.1 Å². The molecule has 0 saturated heterocycles. The average Bonchev–Trinajstić information content (AvgIpc) is 3.26. The third-order valence-corrected chi connectivity index (χ3v) is 6.52. The Labute approximate surface area is 179 Å². The number of nitrogens with one attached hydrogen (secondary N) is 2. The summed E-state index contributed by atoms with van der Waals surface area (Å²) in [5.41, 5.74) is 2.61. The number of hydrogen-bond acceptors (Lipinski definition) is 6. The van der Waals surface area contributed by atoms with Crippen molar-refractivity contribution < 1.29 is 12.8 Å².